The average Bonchev–Trinajstić information content (AvgIpc) is 2.87. The third-order valence-corrected chi connectivity index (χ3v) is 2.36. The van der Waals surface area contributed by atoms with Crippen molar-refractivity contribution in [2.75, 3.05) is 6.61 Å². The maximum absolute atomic E-state index is 11.7. The van der Waals surface area contributed by atoms with Gasteiger partial charge in [-0.1, -0.05) is 6.07 Å². The molecular formula is C13H16N4O3. The molecule has 0 fully saturated rings. The molecule has 0 spiro atoms. The zero-order valence-electron chi connectivity index (χ0n) is 11.6. The van der Waals surface area contributed by atoms with Gasteiger partial charge in [0.25, 0.3) is 5.82 Å². The second-order valence-corrected chi connectivity index (χ2v) is 4.30. The van der Waals surface area contributed by atoms with Gasteiger partial charge in [-0.25, -0.2) is 4.79 Å². The Hall–Kier alpha value is -2.44. The number of hydrogen-bond acceptors (Lipinski definition) is 6. The van der Waals surface area contributed by atoms with E-state index in [0.717, 1.165) is 0 Å². The van der Waals surface area contributed by atoms with Crippen LogP contribution in [0.2, 0.25) is 0 Å². The first-order valence-electron chi connectivity index (χ1n) is 6.34. The van der Waals surface area contributed by atoms with Crippen LogP contribution in [0, 0.1) is 0 Å². The Morgan fingerprint density at radius 1 is 1.40 bits per heavy atom. The number of aromatic nitrogens is 4. The minimum Gasteiger partial charge on any atom is -0.491 e. The van der Waals surface area contributed by atoms with Crippen molar-refractivity contribution >= 4 is 5.97 Å². The fraction of sp³-hybridized carbons (Fsp3) is 0.385. The van der Waals surface area contributed by atoms with Gasteiger partial charge >= 0.3 is 5.97 Å². The lowest BCUT2D eigenvalue weighted by Crippen LogP contribution is -2.13. The summed E-state index contributed by atoms with van der Waals surface area (Å²) in [5, 5.41) is 11.0. The Morgan fingerprint density at radius 2 is 2.20 bits per heavy atom. The molecule has 0 aliphatic heterocycles. The lowest BCUT2D eigenvalue weighted by molar-refractivity contribution is 0.0508. The van der Waals surface area contributed by atoms with Gasteiger partial charge in [0.2, 0.25) is 0 Å². The molecule has 0 saturated heterocycles. The van der Waals surface area contributed by atoms with Crippen LogP contribution in [0.4, 0.5) is 0 Å². The average molecular weight is 276 g/mol. The number of rotatable bonds is 5. The molecule has 0 unspecified atom stereocenters. The van der Waals surface area contributed by atoms with E-state index in [2.05, 4.69) is 15.5 Å². The first kappa shape index (κ1) is 14.0. The molecule has 0 radical (unpaired) electrons. The number of carbonyl (C=O) groups excluding carboxylic acids is 1. The second-order valence-electron chi connectivity index (χ2n) is 4.30. The maximum atomic E-state index is 11.7. The van der Waals surface area contributed by atoms with Gasteiger partial charge in [0.1, 0.15) is 5.75 Å². The Morgan fingerprint density at radius 3 is 2.90 bits per heavy atom. The first-order chi connectivity index (χ1) is 9.61. The summed E-state index contributed by atoms with van der Waals surface area (Å²) in [5.41, 5.74) is 0.635. The van der Waals surface area contributed by atoms with E-state index in [1.807, 2.05) is 26.0 Å². The molecule has 106 valence electrons. The molecule has 0 N–H and O–H groups in total. The van der Waals surface area contributed by atoms with E-state index in [1.54, 1.807) is 19.1 Å². The second kappa shape index (κ2) is 6.14. The van der Waals surface area contributed by atoms with Crippen LogP contribution in [0.1, 0.15) is 31.4 Å². The zero-order chi connectivity index (χ0) is 14.5. The highest BCUT2D eigenvalue weighted by Crippen LogP contribution is 2.18. The third-order valence-electron chi connectivity index (χ3n) is 2.36. The Labute approximate surface area is 116 Å². The van der Waals surface area contributed by atoms with Gasteiger partial charge in [0.05, 0.1) is 18.4 Å². The van der Waals surface area contributed by atoms with Gasteiger partial charge in [-0.15, -0.1) is 5.10 Å². The quantitative estimate of drug-likeness (QED) is 0.772. The SMILES string of the molecule is CCOC(=O)c1nnnn1-c1cccc(OC(C)C)c1. The van der Waals surface area contributed by atoms with E-state index in [4.69, 9.17) is 9.47 Å². The van der Waals surface area contributed by atoms with Crippen molar-refractivity contribution in [2.24, 2.45) is 0 Å². The smallest absolute Gasteiger partial charge is 0.378 e. The van der Waals surface area contributed by atoms with E-state index < -0.39 is 5.97 Å². The molecule has 0 saturated carbocycles. The molecule has 2 rings (SSSR count). The van der Waals surface area contributed by atoms with Gasteiger partial charge in [0.15, 0.2) is 0 Å². The van der Waals surface area contributed by atoms with Crippen LogP contribution in [0.15, 0.2) is 24.3 Å². The van der Waals surface area contributed by atoms with Crippen LogP contribution in [0.25, 0.3) is 5.69 Å². The van der Waals surface area contributed by atoms with Gasteiger partial charge in [0, 0.05) is 6.07 Å². The van der Waals surface area contributed by atoms with Crippen LogP contribution >= 0.6 is 0 Å². The number of esters is 1. The standard InChI is InChI=1S/C13H16N4O3/c1-4-19-13(18)12-14-15-16-17(12)10-6-5-7-11(8-10)20-9(2)3/h5-9H,4H2,1-3H3. The van der Waals surface area contributed by atoms with Crippen molar-refractivity contribution in [1.82, 2.24) is 20.2 Å². The van der Waals surface area contributed by atoms with Crippen LogP contribution in [0.5, 0.6) is 5.75 Å². The number of tetrazole rings is 1. The van der Waals surface area contributed by atoms with Crippen molar-refractivity contribution in [1.29, 1.82) is 0 Å². The molecule has 20 heavy (non-hydrogen) atoms. The van der Waals surface area contributed by atoms with E-state index in [0.29, 0.717) is 11.4 Å². The normalized spacial score (nSPS) is 10.6. The summed E-state index contributed by atoms with van der Waals surface area (Å²) in [4.78, 5) is 11.7. The summed E-state index contributed by atoms with van der Waals surface area (Å²) in [6, 6.07) is 7.19. The van der Waals surface area contributed by atoms with Gasteiger partial charge in [-0.2, -0.15) is 4.68 Å². The molecule has 1 heterocycles. The van der Waals surface area contributed by atoms with Crippen molar-refractivity contribution in [3.63, 3.8) is 0 Å². The molecule has 1 aromatic carbocycles. The molecule has 7 nitrogen and oxygen atoms in total. The first-order valence-corrected chi connectivity index (χ1v) is 6.34. The number of nitrogens with zero attached hydrogens (tertiary/aromatic N) is 4. The van der Waals surface area contributed by atoms with Crippen molar-refractivity contribution in [2.45, 2.75) is 26.9 Å². The molecule has 0 aliphatic rings. The van der Waals surface area contributed by atoms with Crippen molar-refractivity contribution < 1.29 is 14.3 Å². The molecular weight excluding hydrogens is 260 g/mol. The number of carbonyl (C=O) groups is 1. The number of hydrogen-bond donors (Lipinski definition) is 0. The Kier molecular flexibility index (Phi) is 4.29. The maximum Gasteiger partial charge on any atom is 0.378 e. The van der Waals surface area contributed by atoms with Crippen LogP contribution < -0.4 is 4.74 Å². The third kappa shape index (κ3) is 3.11. The van der Waals surface area contributed by atoms with Crippen molar-refractivity contribution in [3.05, 3.63) is 30.1 Å². The lowest BCUT2D eigenvalue weighted by Gasteiger charge is -2.11. The molecule has 0 bridgehead atoms. The highest BCUT2D eigenvalue weighted by atomic mass is 16.5. The van der Waals surface area contributed by atoms with E-state index in [9.17, 15) is 4.79 Å². The predicted molar refractivity (Wildman–Crippen MR) is 70.9 cm³/mol. The lowest BCUT2D eigenvalue weighted by atomic mass is 10.3. The molecule has 7 heteroatoms. The molecule has 2 aromatic rings. The predicted octanol–water partition coefficient (Wildman–Crippen LogP) is 1.63. The van der Waals surface area contributed by atoms with E-state index >= 15 is 0 Å². The zero-order valence-corrected chi connectivity index (χ0v) is 11.6. The van der Waals surface area contributed by atoms with Gasteiger partial charge in [-0.05, 0) is 43.3 Å². The fourth-order valence-electron chi connectivity index (χ4n) is 1.64. The summed E-state index contributed by atoms with van der Waals surface area (Å²) >= 11 is 0. The topological polar surface area (TPSA) is 79.1 Å². The molecule has 1 aromatic heterocycles. The van der Waals surface area contributed by atoms with Crippen LogP contribution in [-0.2, 0) is 4.74 Å². The highest BCUT2D eigenvalue weighted by Gasteiger charge is 2.18. The Bertz CT molecular complexity index is 595. The largest absolute Gasteiger partial charge is 0.491 e. The van der Waals surface area contributed by atoms with E-state index in [-0.39, 0.29) is 18.5 Å². The van der Waals surface area contributed by atoms with Crippen LogP contribution in [-0.4, -0.2) is 38.9 Å². The fourth-order valence-corrected chi connectivity index (χ4v) is 1.64. The molecule has 0 aliphatic carbocycles. The number of benzene rings is 1. The summed E-state index contributed by atoms with van der Waals surface area (Å²) in [6.45, 7) is 5.87. The monoisotopic (exact) mass is 276 g/mol. The van der Waals surface area contributed by atoms with Gasteiger partial charge < -0.3 is 9.47 Å². The molecule has 0 amide bonds. The van der Waals surface area contributed by atoms with Gasteiger partial charge in [-0.3, -0.25) is 0 Å². The summed E-state index contributed by atoms with van der Waals surface area (Å²) in [7, 11) is 0. The van der Waals surface area contributed by atoms with Crippen LogP contribution in [0.3, 0.4) is 0 Å². The van der Waals surface area contributed by atoms with Crippen molar-refractivity contribution in [3.8, 4) is 11.4 Å². The highest BCUT2D eigenvalue weighted by molar-refractivity contribution is 5.85. The van der Waals surface area contributed by atoms with E-state index in [1.165, 1.54) is 4.68 Å². The summed E-state index contributed by atoms with van der Waals surface area (Å²) in [5.74, 6) is 0.157. The number of ether oxygens (including phenoxy) is 2. The summed E-state index contributed by atoms with van der Waals surface area (Å²) < 4.78 is 11.8. The minimum absolute atomic E-state index is 0.0357. The summed E-state index contributed by atoms with van der Waals surface area (Å²) in [6.07, 6.45) is 0.0589. The molecule has 0 atom stereocenters. The Balaban J connectivity index is 2.32. The minimum atomic E-state index is -0.562.